The molecule has 1 unspecified atom stereocenters. The van der Waals surface area contributed by atoms with E-state index in [4.69, 9.17) is 5.26 Å². The van der Waals surface area contributed by atoms with E-state index < -0.39 is 0 Å². The summed E-state index contributed by atoms with van der Waals surface area (Å²) >= 11 is 0. The highest BCUT2D eigenvalue weighted by Gasteiger charge is 2.24. The van der Waals surface area contributed by atoms with Crippen LogP contribution in [0.2, 0.25) is 0 Å². The summed E-state index contributed by atoms with van der Waals surface area (Å²) in [6, 6.07) is 4.36. The average molecular weight is 201 g/mol. The molecule has 1 aromatic heterocycles. The molecule has 2 rings (SSSR count). The number of rotatable bonds is 3. The maximum absolute atomic E-state index is 8.92. The molecule has 3 heteroatoms. The second-order valence-corrected chi connectivity index (χ2v) is 4.16. The van der Waals surface area contributed by atoms with E-state index in [0.29, 0.717) is 11.6 Å². The Balaban J connectivity index is 2.06. The Morgan fingerprint density at radius 3 is 3.00 bits per heavy atom. The zero-order chi connectivity index (χ0) is 10.7. The van der Waals surface area contributed by atoms with Crippen LogP contribution in [-0.4, -0.2) is 11.0 Å². The number of hydrogen-bond acceptors (Lipinski definition) is 3. The second-order valence-electron chi connectivity index (χ2n) is 4.16. The average Bonchev–Trinajstić information content (AvgIpc) is 2.15. The molecule has 1 aliphatic rings. The van der Waals surface area contributed by atoms with Gasteiger partial charge in [0.1, 0.15) is 6.07 Å². The Morgan fingerprint density at radius 2 is 2.40 bits per heavy atom. The van der Waals surface area contributed by atoms with Crippen molar-refractivity contribution in [2.75, 3.05) is 5.32 Å². The van der Waals surface area contributed by atoms with E-state index in [1.807, 2.05) is 0 Å². The zero-order valence-corrected chi connectivity index (χ0v) is 8.90. The minimum absolute atomic E-state index is 0.440. The van der Waals surface area contributed by atoms with Gasteiger partial charge < -0.3 is 5.32 Å². The van der Waals surface area contributed by atoms with E-state index in [0.717, 1.165) is 11.6 Å². The predicted octanol–water partition coefficient (Wildman–Crippen LogP) is 2.55. The molecular formula is C12H15N3. The van der Waals surface area contributed by atoms with Crippen LogP contribution in [-0.2, 0) is 0 Å². The summed E-state index contributed by atoms with van der Waals surface area (Å²) in [4.78, 5) is 4.04. The molecule has 1 aliphatic carbocycles. The first-order valence-corrected chi connectivity index (χ1v) is 5.42. The van der Waals surface area contributed by atoms with Crippen molar-refractivity contribution < 1.29 is 0 Å². The van der Waals surface area contributed by atoms with Crippen LogP contribution in [0.3, 0.4) is 0 Å². The van der Waals surface area contributed by atoms with Gasteiger partial charge in [-0.3, -0.25) is 4.98 Å². The van der Waals surface area contributed by atoms with Crippen LogP contribution in [0.4, 0.5) is 5.69 Å². The largest absolute Gasteiger partial charge is 0.380 e. The van der Waals surface area contributed by atoms with Crippen LogP contribution >= 0.6 is 0 Å². The molecule has 0 aliphatic heterocycles. The van der Waals surface area contributed by atoms with Crippen molar-refractivity contribution in [1.82, 2.24) is 4.98 Å². The van der Waals surface area contributed by atoms with Crippen molar-refractivity contribution in [3.8, 4) is 6.07 Å². The van der Waals surface area contributed by atoms with Crippen LogP contribution in [0.25, 0.3) is 0 Å². The van der Waals surface area contributed by atoms with Crippen LogP contribution < -0.4 is 5.32 Å². The molecule has 0 bridgehead atoms. The number of pyridine rings is 1. The molecule has 0 aromatic carbocycles. The molecule has 3 nitrogen and oxygen atoms in total. The highest BCUT2D eigenvalue weighted by molar-refractivity contribution is 5.55. The van der Waals surface area contributed by atoms with E-state index in [1.165, 1.54) is 19.3 Å². The highest BCUT2D eigenvalue weighted by Crippen LogP contribution is 2.31. The second kappa shape index (κ2) is 4.31. The van der Waals surface area contributed by atoms with Gasteiger partial charge in [-0.2, -0.15) is 5.26 Å². The van der Waals surface area contributed by atoms with Crippen LogP contribution in [0.15, 0.2) is 18.5 Å². The highest BCUT2D eigenvalue weighted by atomic mass is 14.9. The van der Waals surface area contributed by atoms with Crippen molar-refractivity contribution in [1.29, 1.82) is 5.26 Å². The summed E-state index contributed by atoms with van der Waals surface area (Å²) in [5, 5.41) is 12.3. The molecule has 1 aromatic rings. The van der Waals surface area contributed by atoms with Crippen LogP contribution in [0.1, 0.15) is 31.7 Å². The maximum Gasteiger partial charge on any atom is 0.101 e. The Labute approximate surface area is 90.1 Å². The summed E-state index contributed by atoms with van der Waals surface area (Å²) in [6.07, 6.45) is 7.33. The van der Waals surface area contributed by atoms with E-state index in [9.17, 15) is 0 Å². The Hall–Kier alpha value is -1.56. The van der Waals surface area contributed by atoms with Gasteiger partial charge in [-0.05, 0) is 31.7 Å². The number of nitrogens with one attached hydrogen (secondary N) is 1. The molecule has 0 saturated heterocycles. The van der Waals surface area contributed by atoms with Crippen molar-refractivity contribution >= 4 is 5.69 Å². The third-order valence-electron chi connectivity index (χ3n) is 3.18. The maximum atomic E-state index is 8.92. The van der Waals surface area contributed by atoms with Gasteiger partial charge >= 0.3 is 0 Å². The van der Waals surface area contributed by atoms with Gasteiger partial charge in [0.15, 0.2) is 0 Å². The topological polar surface area (TPSA) is 48.7 Å². The van der Waals surface area contributed by atoms with E-state index in [1.54, 1.807) is 18.5 Å². The molecular weight excluding hydrogens is 186 g/mol. The van der Waals surface area contributed by atoms with Crippen molar-refractivity contribution in [3.05, 3.63) is 24.0 Å². The molecule has 1 N–H and O–H groups in total. The normalized spacial score (nSPS) is 17.6. The summed E-state index contributed by atoms with van der Waals surface area (Å²) in [5.74, 6) is 0.761. The van der Waals surface area contributed by atoms with Crippen molar-refractivity contribution in [2.24, 2.45) is 5.92 Å². The first-order chi connectivity index (χ1) is 7.31. The Bertz CT molecular complexity index is 377. The molecule has 0 amide bonds. The lowest BCUT2D eigenvalue weighted by Gasteiger charge is -2.32. The summed E-state index contributed by atoms with van der Waals surface area (Å²) < 4.78 is 0. The van der Waals surface area contributed by atoms with Gasteiger partial charge in [0.25, 0.3) is 0 Å². The lowest BCUT2D eigenvalue weighted by atomic mass is 9.80. The first-order valence-electron chi connectivity index (χ1n) is 5.42. The van der Waals surface area contributed by atoms with E-state index in [-0.39, 0.29) is 0 Å². The Kier molecular flexibility index (Phi) is 2.86. The quantitative estimate of drug-likeness (QED) is 0.817. The smallest absolute Gasteiger partial charge is 0.101 e. The van der Waals surface area contributed by atoms with Crippen LogP contribution in [0.5, 0.6) is 0 Å². The lowest BCUT2D eigenvalue weighted by Crippen LogP contribution is -2.31. The van der Waals surface area contributed by atoms with Crippen molar-refractivity contribution in [3.63, 3.8) is 0 Å². The third-order valence-corrected chi connectivity index (χ3v) is 3.18. The van der Waals surface area contributed by atoms with E-state index >= 15 is 0 Å². The van der Waals surface area contributed by atoms with Crippen molar-refractivity contribution in [2.45, 2.75) is 32.2 Å². The zero-order valence-electron chi connectivity index (χ0n) is 8.90. The summed E-state index contributed by atoms with van der Waals surface area (Å²) in [5.41, 5.74) is 1.54. The number of nitrogens with zero attached hydrogens (tertiary/aromatic N) is 2. The molecule has 1 saturated carbocycles. The van der Waals surface area contributed by atoms with Gasteiger partial charge in [-0.15, -0.1) is 0 Å². The minimum atomic E-state index is 0.440. The molecule has 0 radical (unpaired) electrons. The number of nitriles is 1. The van der Waals surface area contributed by atoms with Gasteiger partial charge in [-0.1, -0.05) is 6.42 Å². The Morgan fingerprint density at radius 1 is 1.60 bits per heavy atom. The molecule has 1 heterocycles. The lowest BCUT2D eigenvalue weighted by molar-refractivity contribution is 0.285. The fraction of sp³-hybridized carbons (Fsp3) is 0.500. The summed E-state index contributed by atoms with van der Waals surface area (Å²) in [7, 11) is 0. The fourth-order valence-corrected chi connectivity index (χ4v) is 1.91. The van der Waals surface area contributed by atoms with E-state index in [2.05, 4.69) is 23.3 Å². The van der Waals surface area contributed by atoms with Crippen LogP contribution in [0, 0.1) is 17.2 Å². The molecule has 1 atom stereocenters. The van der Waals surface area contributed by atoms with Gasteiger partial charge in [0.2, 0.25) is 0 Å². The molecule has 0 spiro atoms. The first kappa shape index (κ1) is 9.97. The van der Waals surface area contributed by atoms with Gasteiger partial charge in [0.05, 0.1) is 17.4 Å². The number of aromatic nitrogens is 1. The minimum Gasteiger partial charge on any atom is -0.380 e. The number of anilines is 1. The summed E-state index contributed by atoms with van der Waals surface area (Å²) in [6.45, 7) is 2.18. The van der Waals surface area contributed by atoms with Gasteiger partial charge in [-0.25, -0.2) is 0 Å². The number of hydrogen-bond donors (Lipinski definition) is 1. The monoisotopic (exact) mass is 201 g/mol. The standard InChI is InChI=1S/C12H15N3/c1-9(10-3-2-4-10)15-12-8-14-6-5-11(12)7-13/h5-6,8-10,15H,2-4H2,1H3. The molecule has 1 fully saturated rings. The SMILES string of the molecule is CC(Nc1cnccc1C#N)C1CCC1. The molecule has 78 valence electrons. The molecule has 15 heavy (non-hydrogen) atoms. The van der Waals surface area contributed by atoms with Gasteiger partial charge in [0, 0.05) is 12.2 Å². The fourth-order valence-electron chi connectivity index (χ4n) is 1.91. The third kappa shape index (κ3) is 2.10. The predicted molar refractivity (Wildman–Crippen MR) is 59.4 cm³/mol.